The molecule has 1 heterocycles. The molecule has 0 aromatic carbocycles. The highest BCUT2D eigenvalue weighted by molar-refractivity contribution is 7.86. The van der Waals surface area contributed by atoms with E-state index in [0.29, 0.717) is 0 Å². The second kappa shape index (κ2) is 4.75. The lowest BCUT2D eigenvalue weighted by molar-refractivity contribution is 0.228. The Hall–Kier alpha value is -1.21. The van der Waals surface area contributed by atoms with E-state index in [9.17, 15) is 12.8 Å². The predicted molar refractivity (Wildman–Crippen MR) is 55.1 cm³/mol. The number of hydrogen-bond acceptors (Lipinski definition) is 5. The summed E-state index contributed by atoms with van der Waals surface area (Å²) >= 11 is 0. The van der Waals surface area contributed by atoms with Crippen LogP contribution in [0.3, 0.4) is 0 Å². The van der Waals surface area contributed by atoms with Crippen molar-refractivity contribution in [2.45, 2.75) is 13.0 Å². The molecule has 1 aromatic heterocycles. The van der Waals surface area contributed by atoms with Crippen LogP contribution in [-0.4, -0.2) is 26.8 Å². The number of hydrogen-bond donors (Lipinski definition) is 0. The zero-order chi connectivity index (χ0) is 12.3. The van der Waals surface area contributed by atoms with Crippen LogP contribution in [0.25, 0.3) is 0 Å². The quantitative estimate of drug-likeness (QED) is 0.752. The molecular weight excluding hydrogens is 237 g/mol. The fourth-order valence-corrected chi connectivity index (χ4v) is 1.85. The van der Waals surface area contributed by atoms with E-state index in [0.717, 1.165) is 18.5 Å². The summed E-state index contributed by atoms with van der Waals surface area (Å²) in [6.07, 6.45) is 1.05. The number of aromatic nitrogens is 1. The van der Waals surface area contributed by atoms with Gasteiger partial charge in [-0.15, -0.1) is 0 Å². The Morgan fingerprint density at radius 2 is 2.12 bits per heavy atom. The van der Waals surface area contributed by atoms with Gasteiger partial charge in [-0.3, -0.25) is 4.18 Å². The first-order chi connectivity index (χ1) is 7.33. The van der Waals surface area contributed by atoms with Crippen LogP contribution in [0.4, 0.5) is 4.39 Å². The van der Waals surface area contributed by atoms with Gasteiger partial charge in [0.05, 0.1) is 19.6 Å². The summed E-state index contributed by atoms with van der Waals surface area (Å²) in [6, 6.07) is 1.13. The summed E-state index contributed by atoms with van der Waals surface area (Å²) in [4.78, 5) is 3.68. The zero-order valence-corrected chi connectivity index (χ0v) is 9.91. The molecule has 0 aliphatic carbocycles. The van der Waals surface area contributed by atoms with Gasteiger partial charge in [0, 0.05) is 5.56 Å². The molecule has 1 atom stereocenters. The lowest BCUT2D eigenvalue weighted by Crippen LogP contribution is -2.09. The Kier molecular flexibility index (Phi) is 3.82. The maximum atomic E-state index is 13.0. The Bertz CT molecular complexity index is 474. The Labute approximate surface area is 93.3 Å². The molecule has 0 fully saturated rings. The average Bonchev–Trinajstić information content (AvgIpc) is 2.15. The van der Waals surface area contributed by atoms with Crippen LogP contribution in [-0.2, 0) is 14.3 Å². The summed E-state index contributed by atoms with van der Waals surface area (Å²) in [6.45, 7) is 1.47. The van der Waals surface area contributed by atoms with Crippen molar-refractivity contribution in [3.8, 4) is 5.88 Å². The normalized spacial score (nSPS) is 13.5. The first-order valence-electron chi connectivity index (χ1n) is 4.41. The topological polar surface area (TPSA) is 65.5 Å². The maximum Gasteiger partial charge on any atom is 0.264 e. The fourth-order valence-electron chi connectivity index (χ4n) is 1.22. The van der Waals surface area contributed by atoms with Gasteiger partial charge >= 0.3 is 0 Å². The van der Waals surface area contributed by atoms with Crippen LogP contribution in [0.2, 0.25) is 0 Å². The SMILES string of the molecule is COc1ncc(F)cc1[C@@H](C)OS(C)(=O)=O. The first-order valence-corrected chi connectivity index (χ1v) is 6.23. The van der Waals surface area contributed by atoms with E-state index in [1.165, 1.54) is 14.0 Å². The number of nitrogens with zero attached hydrogens (tertiary/aromatic N) is 1. The van der Waals surface area contributed by atoms with Crippen molar-refractivity contribution in [3.05, 3.63) is 23.6 Å². The number of rotatable bonds is 4. The molecule has 0 spiro atoms. The zero-order valence-electron chi connectivity index (χ0n) is 9.10. The minimum Gasteiger partial charge on any atom is -0.481 e. The predicted octanol–water partition coefficient (Wildman–Crippen LogP) is 1.27. The molecule has 16 heavy (non-hydrogen) atoms. The third kappa shape index (κ3) is 3.42. The fraction of sp³-hybridized carbons (Fsp3) is 0.444. The summed E-state index contributed by atoms with van der Waals surface area (Å²) in [5, 5.41) is 0. The highest BCUT2D eigenvalue weighted by Crippen LogP contribution is 2.26. The van der Waals surface area contributed by atoms with E-state index in [-0.39, 0.29) is 11.4 Å². The minimum atomic E-state index is -3.62. The largest absolute Gasteiger partial charge is 0.481 e. The van der Waals surface area contributed by atoms with Gasteiger partial charge in [0.2, 0.25) is 5.88 Å². The van der Waals surface area contributed by atoms with Crippen molar-refractivity contribution >= 4 is 10.1 Å². The van der Waals surface area contributed by atoms with Gasteiger partial charge in [0.1, 0.15) is 11.9 Å². The number of pyridine rings is 1. The molecule has 0 N–H and O–H groups in total. The molecule has 5 nitrogen and oxygen atoms in total. The summed E-state index contributed by atoms with van der Waals surface area (Å²) in [7, 11) is -2.26. The third-order valence-electron chi connectivity index (χ3n) is 1.80. The number of methoxy groups -OCH3 is 1. The van der Waals surface area contributed by atoms with Crippen LogP contribution < -0.4 is 4.74 Å². The first kappa shape index (κ1) is 12.9. The van der Waals surface area contributed by atoms with Gasteiger partial charge in [-0.25, -0.2) is 9.37 Å². The number of halogens is 1. The average molecular weight is 249 g/mol. The lowest BCUT2D eigenvalue weighted by Gasteiger charge is -2.13. The van der Waals surface area contributed by atoms with Crippen molar-refractivity contribution < 1.29 is 21.7 Å². The molecule has 0 saturated heterocycles. The van der Waals surface area contributed by atoms with Crippen LogP contribution in [0.15, 0.2) is 12.3 Å². The molecule has 0 aliphatic rings. The lowest BCUT2D eigenvalue weighted by atomic mass is 10.2. The molecule has 0 saturated carbocycles. The van der Waals surface area contributed by atoms with E-state index < -0.39 is 22.0 Å². The van der Waals surface area contributed by atoms with E-state index in [1.54, 1.807) is 0 Å². The maximum absolute atomic E-state index is 13.0. The summed E-state index contributed by atoms with van der Waals surface area (Å²) in [5.74, 6) is -0.447. The van der Waals surface area contributed by atoms with Crippen molar-refractivity contribution in [2.75, 3.05) is 13.4 Å². The van der Waals surface area contributed by atoms with E-state index >= 15 is 0 Å². The standard InChI is InChI=1S/C9H12FNO4S/c1-6(15-16(3,12)13)8-4-7(10)5-11-9(8)14-2/h4-6H,1-3H3/t6-/m1/s1. The molecule has 0 bridgehead atoms. The second-order valence-electron chi connectivity index (χ2n) is 3.19. The van der Waals surface area contributed by atoms with Gasteiger partial charge in [-0.2, -0.15) is 8.42 Å². The van der Waals surface area contributed by atoms with Gasteiger partial charge in [0.25, 0.3) is 10.1 Å². The molecular formula is C9H12FNO4S. The van der Waals surface area contributed by atoms with E-state index in [2.05, 4.69) is 4.98 Å². The molecule has 7 heteroatoms. The van der Waals surface area contributed by atoms with Gasteiger partial charge in [-0.1, -0.05) is 0 Å². The Morgan fingerprint density at radius 3 is 2.62 bits per heavy atom. The molecule has 1 aromatic rings. The van der Waals surface area contributed by atoms with Crippen LogP contribution in [0.5, 0.6) is 5.88 Å². The Balaban J connectivity index is 3.06. The van der Waals surface area contributed by atoms with Crippen LogP contribution >= 0.6 is 0 Å². The molecule has 90 valence electrons. The number of ether oxygens (including phenoxy) is 1. The Morgan fingerprint density at radius 1 is 1.50 bits per heavy atom. The molecule has 0 radical (unpaired) electrons. The molecule has 0 amide bonds. The van der Waals surface area contributed by atoms with E-state index in [1.807, 2.05) is 0 Å². The van der Waals surface area contributed by atoms with Gasteiger partial charge in [-0.05, 0) is 13.0 Å². The van der Waals surface area contributed by atoms with Gasteiger partial charge in [0.15, 0.2) is 0 Å². The summed E-state index contributed by atoms with van der Waals surface area (Å²) < 4.78 is 44.4. The van der Waals surface area contributed by atoms with Crippen molar-refractivity contribution in [1.29, 1.82) is 0 Å². The molecule has 0 aliphatic heterocycles. The minimum absolute atomic E-state index is 0.137. The second-order valence-corrected chi connectivity index (χ2v) is 4.80. The van der Waals surface area contributed by atoms with Crippen molar-refractivity contribution in [2.24, 2.45) is 0 Å². The highest BCUT2D eigenvalue weighted by atomic mass is 32.2. The third-order valence-corrected chi connectivity index (χ3v) is 2.43. The van der Waals surface area contributed by atoms with Crippen molar-refractivity contribution in [3.63, 3.8) is 0 Å². The van der Waals surface area contributed by atoms with Crippen LogP contribution in [0, 0.1) is 5.82 Å². The van der Waals surface area contributed by atoms with Gasteiger partial charge < -0.3 is 4.74 Å². The van der Waals surface area contributed by atoms with Crippen molar-refractivity contribution in [1.82, 2.24) is 4.98 Å². The molecule has 0 unspecified atom stereocenters. The monoisotopic (exact) mass is 249 g/mol. The molecule has 1 rings (SSSR count). The highest BCUT2D eigenvalue weighted by Gasteiger charge is 2.18. The summed E-state index contributed by atoms with van der Waals surface area (Å²) in [5.41, 5.74) is 0.243. The van der Waals surface area contributed by atoms with E-state index in [4.69, 9.17) is 8.92 Å². The smallest absolute Gasteiger partial charge is 0.264 e. The van der Waals surface area contributed by atoms with Crippen LogP contribution in [0.1, 0.15) is 18.6 Å².